The van der Waals surface area contributed by atoms with E-state index in [1.54, 1.807) is 6.07 Å². The van der Waals surface area contributed by atoms with E-state index >= 15 is 0 Å². The Morgan fingerprint density at radius 3 is 2.95 bits per heavy atom. The van der Waals surface area contributed by atoms with Crippen LogP contribution in [-0.2, 0) is 0 Å². The van der Waals surface area contributed by atoms with Crippen LogP contribution in [0.4, 0.5) is 11.7 Å². The molecule has 2 aromatic rings. The van der Waals surface area contributed by atoms with Gasteiger partial charge in [-0.1, -0.05) is 6.92 Å². The average molecular weight is 292 g/mol. The molecule has 114 valence electrons. The Kier molecular flexibility index (Phi) is 4.74. The zero-order valence-corrected chi connectivity index (χ0v) is 12.5. The molecular weight excluding hydrogens is 272 g/mol. The molecular formula is C14H20N4O3. The highest BCUT2D eigenvalue weighted by atomic mass is 16.6. The van der Waals surface area contributed by atoms with E-state index in [9.17, 15) is 10.1 Å². The summed E-state index contributed by atoms with van der Waals surface area (Å²) in [5, 5.41) is 13.8. The molecule has 1 heterocycles. The minimum Gasteiger partial charge on any atom is -0.424 e. The fourth-order valence-corrected chi connectivity index (χ4v) is 1.98. The number of oxazole rings is 1. The lowest BCUT2D eigenvalue weighted by Crippen LogP contribution is -2.32. The number of benzene rings is 1. The highest BCUT2D eigenvalue weighted by molar-refractivity contribution is 5.77. The van der Waals surface area contributed by atoms with Crippen molar-refractivity contribution in [3.8, 4) is 0 Å². The van der Waals surface area contributed by atoms with Crippen LogP contribution in [0.3, 0.4) is 0 Å². The molecule has 1 N–H and O–H groups in total. The fourth-order valence-electron chi connectivity index (χ4n) is 1.98. The minimum atomic E-state index is -0.442. The first-order valence-corrected chi connectivity index (χ1v) is 7.00. The molecule has 0 spiro atoms. The SMILES string of the molecule is CCC(C)N(C)CCNc1nc2cc([N+](=O)[O-])ccc2o1. The maximum Gasteiger partial charge on any atom is 0.295 e. The summed E-state index contributed by atoms with van der Waals surface area (Å²) in [6, 6.07) is 5.31. The Morgan fingerprint density at radius 2 is 2.29 bits per heavy atom. The van der Waals surface area contributed by atoms with Crippen LogP contribution in [0.5, 0.6) is 0 Å². The van der Waals surface area contributed by atoms with Crippen LogP contribution in [0, 0.1) is 10.1 Å². The molecule has 1 aromatic heterocycles. The summed E-state index contributed by atoms with van der Waals surface area (Å²) in [6.45, 7) is 5.91. The lowest BCUT2D eigenvalue weighted by molar-refractivity contribution is -0.384. The van der Waals surface area contributed by atoms with E-state index in [-0.39, 0.29) is 5.69 Å². The smallest absolute Gasteiger partial charge is 0.295 e. The topological polar surface area (TPSA) is 84.4 Å². The van der Waals surface area contributed by atoms with E-state index < -0.39 is 4.92 Å². The number of hydrogen-bond acceptors (Lipinski definition) is 6. The van der Waals surface area contributed by atoms with Crippen molar-refractivity contribution in [1.29, 1.82) is 0 Å². The molecule has 0 amide bonds. The Labute approximate surface area is 123 Å². The van der Waals surface area contributed by atoms with Crippen LogP contribution in [0.25, 0.3) is 11.1 Å². The molecule has 0 radical (unpaired) electrons. The number of rotatable bonds is 7. The van der Waals surface area contributed by atoms with E-state index in [1.807, 2.05) is 0 Å². The van der Waals surface area contributed by atoms with Crippen molar-refractivity contribution < 1.29 is 9.34 Å². The number of nitrogens with zero attached hydrogens (tertiary/aromatic N) is 3. The van der Waals surface area contributed by atoms with E-state index in [1.165, 1.54) is 12.1 Å². The number of fused-ring (bicyclic) bond motifs is 1. The monoisotopic (exact) mass is 292 g/mol. The first-order valence-electron chi connectivity index (χ1n) is 7.00. The van der Waals surface area contributed by atoms with Crippen LogP contribution in [0.1, 0.15) is 20.3 Å². The average Bonchev–Trinajstić information content (AvgIpc) is 2.87. The Morgan fingerprint density at radius 1 is 1.52 bits per heavy atom. The normalized spacial score (nSPS) is 12.8. The summed E-state index contributed by atoms with van der Waals surface area (Å²) < 4.78 is 5.51. The van der Waals surface area contributed by atoms with Crippen molar-refractivity contribution in [1.82, 2.24) is 9.88 Å². The van der Waals surface area contributed by atoms with Crippen molar-refractivity contribution >= 4 is 22.8 Å². The first-order chi connectivity index (χ1) is 10.0. The number of likely N-dealkylation sites (N-methyl/N-ethyl adjacent to an activating group) is 1. The Balaban J connectivity index is 1.98. The van der Waals surface area contributed by atoms with E-state index in [0.717, 1.165) is 13.0 Å². The van der Waals surface area contributed by atoms with Crippen molar-refractivity contribution in [3.05, 3.63) is 28.3 Å². The fraction of sp³-hybridized carbons (Fsp3) is 0.500. The van der Waals surface area contributed by atoms with Gasteiger partial charge in [-0.3, -0.25) is 10.1 Å². The zero-order valence-electron chi connectivity index (χ0n) is 12.5. The van der Waals surface area contributed by atoms with Gasteiger partial charge in [0.25, 0.3) is 11.7 Å². The van der Waals surface area contributed by atoms with Crippen molar-refractivity contribution in [2.75, 3.05) is 25.5 Å². The Bertz CT molecular complexity index is 626. The van der Waals surface area contributed by atoms with Crippen molar-refractivity contribution in [2.24, 2.45) is 0 Å². The molecule has 1 aromatic carbocycles. The number of aromatic nitrogens is 1. The van der Waals surface area contributed by atoms with Gasteiger partial charge in [0, 0.05) is 31.3 Å². The van der Waals surface area contributed by atoms with Gasteiger partial charge in [-0.05, 0) is 26.5 Å². The molecule has 0 aliphatic carbocycles. The molecule has 7 nitrogen and oxygen atoms in total. The third-order valence-electron chi connectivity index (χ3n) is 3.67. The number of non-ortho nitro benzene ring substituents is 1. The summed E-state index contributed by atoms with van der Waals surface area (Å²) in [6.07, 6.45) is 1.10. The lowest BCUT2D eigenvalue weighted by Gasteiger charge is -2.23. The van der Waals surface area contributed by atoms with Gasteiger partial charge in [0.05, 0.1) is 4.92 Å². The lowest BCUT2D eigenvalue weighted by atomic mass is 10.2. The number of nitro groups is 1. The second kappa shape index (κ2) is 6.53. The summed E-state index contributed by atoms with van der Waals surface area (Å²) in [5.74, 6) is 0. The molecule has 7 heteroatoms. The summed E-state index contributed by atoms with van der Waals surface area (Å²) in [7, 11) is 2.07. The third kappa shape index (κ3) is 3.69. The van der Waals surface area contributed by atoms with Gasteiger partial charge in [-0.15, -0.1) is 0 Å². The molecule has 0 saturated carbocycles. The highest BCUT2D eigenvalue weighted by Gasteiger charge is 2.12. The van der Waals surface area contributed by atoms with Crippen molar-refractivity contribution in [2.45, 2.75) is 26.3 Å². The Hall–Kier alpha value is -2.15. The molecule has 0 aliphatic rings. The molecule has 0 saturated heterocycles. The largest absolute Gasteiger partial charge is 0.424 e. The summed E-state index contributed by atoms with van der Waals surface area (Å²) in [4.78, 5) is 16.7. The standard InChI is InChI=1S/C14H20N4O3/c1-4-10(2)17(3)8-7-15-14-16-12-9-11(18(19)20)5-6-13(12)21-14/h5-6,9-10H,4,7-8H2,1-3H3,(H,15,16). The molecule has 0 aliphatic heterocycles. The van der Waals surface area contributed by atoms with E-state index in [0.29, 0.717) is 29.7 Å². The molecule has 1 atom stereocenters. The molecule has 2 rings (SSSR count). The van der Waals surface area contributed by atoms with Gasteiger partial charge in [0.15, 0.2) is 5.58 Å². The second-order valence-electron chi connectivity index (χ2n) is 5.09. The van der Waals surface area contributed by atoms with Gasteiger partial charge in [0.2, 0.25) is 0 Å². The predicted molar refractivity (Wildman–Crippen MR) is 81.5 cm³/mol. The van der Waals surface area contributed by atoms with Gasteiger partial charge in [-0.25, -0.2) is 0 Å². The molecule has 1 unspecified atom stereocenters. The summed E-state index contributed by atoms with van der Waals surface area (Å²) >= 11 is 0. The van der Waals surface area contributed by atoms with Crippen LogP contribution in [0.2, 0.25) is 0 Å². The molecule has 0 fully saturated rings. The zero-order chi connectivity index (χ0) is 15.4. The van der Waals surface area contributed by atoms with Crippen LogP contribution in [-0.4, -0.2) is 41.0 Å². The van der Waals surface area contributed by atoms with Crippen molar-refractivity contribution in [3.63, 3.8) is 0 Å². The number of hydrogen-bond donors (Lipinski definition) is 1. The van der Waals surface area contributed by atoms with Crippen LogP contribution in [0.15, 0.2) is 22.6 Å². The van der Waals surface area contributed by atoms with Gasteiger partial charge in [0.1, 0.15) is 5.52 Å². The number of nitro benzene ring substituents is 1. The third-order valence-corrected chi connectivity index (χ3v) is 3.67. The number of nitrogens with one attached hydrogen (secondary N) is 1. The second-order valence-corrected chi connectivity index (χ2v) is 5.09. The maximum atomic E-state index is 10.7. The minimum absolute atomic E-state index is 0.0128. The maximum absolute atomic E-state index is 10.7. The molecule has 21 heavy (non-hydrogen) atoms. The van der Waals surface area contributed by atoms with Gasteiger partial charge in [-0.2, -0.15) is 4.98 Å². The van der Waals surface area contributed by atoms with Crippen LogP contribution < -0.4 is 5.32 Å². The number of anilines is 1. The van der Waals surface area contributed by atoms with Crippen LogP contribution >= 0.6 is 0 Å². The first kappa shape index (κ1) is 15.2. The quantitative estimate of drug-likeness (QED) is 0.624. The predicted octanol–water partition coefficient (Wildman–Crippen LogP) is 2.88. The van der Waals surface area contributed by atoms with E-state index in [4.69, 9.17) is 4.42 Å². The van der Waals surface area contributed by atoms with E-state index in [2.05, 4.69) is 36.1 Å². The van der Waals surface area contributed by atoms with Gasteiger partial charge >= 0.3 is 0 Å². The summed E-state index contributed by atoms with van der Waals surface area (Å²) in [5.41, 5.74) is 1.04. The highest BCUT2D eigenvalue weighted by Crippen LogP contribution is 2.23. The molecule has 0 bridgehead atoms. The van der Waals surface area contributed by atoms with Gasteiger partial charge < -0.3 is 14.6 Å².